The minimum atomic E-state index is -0.860. The van der Waals surface area contributed by atoms with Crippen molar-refractivity contribution in [2.24, 2.45) is 0 Å². The summed E-state index contributed by atoms with van der Waals surface area (Å²) in [7, 11) is 1.28. The first-order valence-electron chi connectivity index (χ1n) is 13.6. The third-order valence-electron chi connectivity index (χ3n) is 8.51. The molecule has 13 nitrogen and oxygen atoms in total. The second-order valence-electron chi connectivity index (χ2n) is 10.8. The summed E-state index contributed by atoms with van der Waals surface area (Å²) in [5.74, 6) is -3.82. The van der Waals surface area contributed by atoms with E-state index in [1.807, 2.05) is 0 Å². The minimum Gasteiger partial charge on any atom is -0.508 e. The van der Waals surface area contributed by atoms with Gasteiger partial charge in [-0.15, -0.1) is 0 Å². The number of phenolic OH excluding ortho intramolecular Hbond substituents is 4. The van der Waals surface area contributed by atoms with Gasteiger partial charge in [-0.05, 0) is 49.6 Å². The van der Waals surface area contributed by atoms with Gasteiger partial charge in [-0.3, -0.25) is 24.5 Å². The summed E-state index contributed by atoms with van der Waals surface area (Å²) in [5.41, 5.74) is -1.20. The molecule has 224 valence electrons. The maximum atomic E-state index is 13.8. The van der Waals surface area contributed by atoms with Gasteiger partial charge >= 0.3 is 0 Å². The largest absolute Gasteiger partial charge is 0.508 e. The highest BCUT2D eigenvalue weighted by molar-refractivity contribution is 6.32. The Bertz CT molecular complexity index is 2290. The van der Waals surface area contributed by atoms with Gasteiger partial charge in [0.1, 0.15) is 28.7 Å². The number of nitro groups is 1. The van der Waals surface area contributed by atoms with Crippen LogP contribution in [0.5, 0.6) is 28.7 Å². The maximum absolute atomic E-state index is 13.8. The quantitative estimate of drug-likeness (QED) is 0.167. The van der Waals surface area contributed by atoms with Crippen LogP contribution in [-0.2, 0) is 12.8 Å². The molecule has 0 saturated carbocycles. The fraction of sp³-hybridized carbons (Fsp3) is 0.125. The zero-order valence-electron chi connectivity index (χ0n) is 23.5. The molecule has 0 unspecified atom stereocenters. The van der Waals surface area contributed by atoms with Crippen LogP contribution in [0, 0.1) is 17.0 Å². The van der Waals surface area contributed by atoms with Gasteiger partial charge in [0, 0.05) is 45.3 Å². The Morgan fingerprint density at radius 3 is 2.24 bits per heavy atom. The van der Waals surface area contributed by atoms with E-state index in [9.17, 15) is 44.9 Å². The molecule has 0 atom stereocenters. The average Bonchev–Trinajstić information content (AvgIpc) is 3.02. The van der Waals surface area contributed by atoms with Crippen LogP contribution >= 0.6 is 0 Å². The van der Waals surface area contributed by atoms with Crippen molar-refractivity contribution < 1.29 is 39.7 Å². The molecule has 2 aliphatic carbocycles. The third-order valence-corrected chi connectivity index (χ3v) is 8.51. The molecule has 45 heavy (non-hydrogen) atoms. The molecule has 1 heterocycles. The lowest BCUT2D eigenvalue weighted by Crippen LogP contribution is -2.24. The number of aromatic nitrogens is 2. The SMILES string of the molecule is COc1c2c(c(O)c3c1C(=O)c1c(cc(O)c(C)c1O)C3=O)-c1c(cc3cnn(-c4ccc([N+](=O)[O-])cc4)c(=O)c3c1O)CC2. The number of ether oxygens (including phenoxy) is 1. The van der Waals surface area contributed by atoms with Crippen LogP contribution in [0.3, 0.4) is 0 Å². The van der Waals surface area contributed by atoms with Gasteiger partial charge in [-0.25, -0.2) is 0 Å². The van der Waals surface area contributed by atoms with Crippen LogP contribution < -0.4 is 10.3 Å². The van der Waals surface area contributed by atoms with E-state index in [0.717, 1.165) is 10.7 Å². The Morgan fingerprint density at radius 2 is 1.58 bits per heavy atom. The first-order chi connectivity index (χ1) is 21.5. The van der Waals surface area contributed by atoms with Crippen LogP contribution in [-0.4, -0.2) is 53.8 Å². The molecule has 0 aliphatic heterocycles. The summed E-state index contributed by atoms with van der Waals surface area (Å²) in [6.45, 7) is 1.38. The fourth-order valence-corrected chi connectivity index (χ4v) is 6.34. The molecule has 13 heteroatoms. The van der Waals surface area contributed by atoms with E-state index in [1.165, 1.54) is 44.5 Å². The van der Waals surface area contributed by atoms with Crippen molar-refractivity contribution in [3.8, 4) is 45.6 Å². The summed E-state index contributed by atoms with van der Waals surface area (Å²) in [6.07, 6.45) is 1.88. The smallest absolute Gasteiger partial charge is 0.283 e. The number of hydrogen-bond donors (Lipinski definition) is 4. The number of nitro benzene ring substituents is 1. The topological polar surface area (TPSA) is 202 Å². The molecular weight excluding hydrogens is 586 g/mol. The highest BCUT2D eigenvalue weighted by Crippen LogP contribution is 2.54. The number of fused-ring (bicyclic) bond motifs is 6. The Kier molecular flexibility index (Phi) is 5.75. The number of carbonyl (C=O) groups excluding carboxylic acids is 2. The van der Waals surface area contributed by atoms with Crippen molar-refractivity contribution in [2.75, 3.05) is 7.11 Å². The standard InChI is InChI=1S/C32H21N3O10/c1-12-19(36)10-18-23(26(12)37)30(41)25-24(27(18)38)29(40)22-17(31(25)45-2)8-3-13-9-14-11-33-34(32(42)21(14)28(39)20(13)22)15-4-6-16(7-5-15)35(43)44/h4-7,9-11,36-37,39-40H,3,8H2,1-2H3. The molecule has 0 spiro atoms. The van der Waals surface area contributed by atoms with Crippen molar-refractivity contribution >= 4 is 28.0 Å². The summed E-state index contributed by atoms with van der Waals surface area (Å²) in [5, 5.41) is 59.8. The summed E-state index contributed by atoms with van der Waals surface area (Å²) >= 11 is 0. The molecule has 0 saturated heterocycles. The van der Waals surface area contributed by atoms with Gasteiger partial charge in [-0.2, -0.15) is 9.78 Å². The molecule has 5 aromatic rings. The van der Waals surface area contributed by atoms with Gasteiger partial charge in [0.2, 0.25) is 5.78 Å². The van der Waals surface area contributed by atoms with Gasteiger partial charge in [-0.1, -0.05) is 0 Å². The summed E-state index contributed by atoms with van der Waals surface area (Å²) in [4.78, 5) is 51.8. The molecule has 0 bridgehead atoms. The van der Waals surface area contributed by atoms with Crippen molar-refractivity contribution in [3.63, 3.8) is 0 Å². The molecular formula is C32H21N3O10. The number of hydrogen-bond acceptors (Lipinski definition) is 11. The van der Waals surface area contributed by atoms with Crippen LogP contribution in [0.15, 0.2) is 47.4 Å². The number of carbonyl (C=O) groups is 2. The normalized spacial score (nSPS) is 13.2. The maximum Gasteiger partial charge on any atom is 0.283 e. The van der Waals surface area contributed by atoms with Crippen molar-refractivity contribution in [1.29, 1.82) is 0 Å². The highest BCUT2D eigenvalue weighted by atomic mass is 16.6. The lowest BCUT2D eigenvalue weighted by atomic mass is 9.75. The lowest BCUT2D eigenvalue weighted by molar-refractivity contribution is -0.384. The number of rotatable bonds is 3. The lowest BCUT2D eigenvalue weighted by Gasteiger charge is -2.29. The molecule has 4 N–H and O–H groups in total. The van der Waals surface area contributed by atoms with Gasteiger partial charge in [0.05, 0.1) is 46.0 Å². The number of nitrogens with zero attached hydrogens (tertiary/aromatic N) is 3. The third kappa shape index (κ3) is 3.60. The Labute approximate surface area is 252 Å². The van der Waals surface area contributed by atoms with Crippen LogP contribution in [0.2, 0.25) is 0 Å². The van der Waals surface area contributed by atoms with E-state index in [4.69, 9.17) is 4.74 Å². The van der Waals surface area contributed by atoms with E-state index >= 15 is 0 Å². The van der Waals surface area contributed by atoms with Crippen molar-refractivity contribution in [1.82, 2.24) is 9.78 Å². The predicted octanol–water partition coefficient (Wildman–Crippen LogP) is 3.97. The first kappa shape index (κ1) is 27.6. The number of non-ortho nitro benzene ring substituents is 1. The fourth-order valence-electron chi connectivity index (χ4n) is 6.34. The van der Waals surface area contributed by atoms with Gasteiger partial charge < -0.3 is 25.2 Å². The minimum absolute atomic E-state index is 0.000835. The van der Waals surface area contributed by atoms with E-state index in [-0.39, 0.29) is 62.3 Å². The highest BCUT2D eigenvalue weighted by Gasteiger charge is 2.42. The summed E-state index contributed by atoms with van der Waals surface area (Å²) in [6, 6.07) is 7.77. The molecule has 1 aromatic heterocycles. The Balaban J connectivity index is 1.51. The molecule has 2 aliphatic rings. The molecule has 0 fully saturated rings. The van der Waals surface area contributed by atoms with Crippen LogP contribution in [0.25, 0.3) is 27.6 Å². The molecule has 7 rings (SSSR count). The van der Waals surface area contributed by atoms with E-state index in [1.54, 1.807) is 6.07 Å². The number of ketones is 2. The van der Waals surface area contributed by atoms with E-state index in [2.05, 4.69) is 5.10 Å². The number of aromatic hydroxyl groups is 4. The second kappa shape index (κ2) is 9.38. The Morgan fingerprint density at radius 1 is 0.867 bits per heavy atom. The first-order valence-corrected chi connectivity index (χ1v) is 13.6. The van der Waals surface area contributed by atoms with E-state index < -0.39 is 50.6 Å². The van der Waals surface area contributed by atoms with Crippen LogP contribution in [0.4, 0.5) is 5.69 Å². The number of aryl methyl sites for hydroxylation is 1. The second-order valence-corrected chi connectivity index (χ2v) is 10.8. The molecule has 4 aromatic carbocycles. The number of benzene rings is 4. The summed E-state index contributed by atoms with van der Waals surface area (Å²) < 4.78 is 6.61. The average molecular weight is 608 g/mol. The number of methoxy groups -OCH3 is 1. The van der Waals surface area contributed by atoms with Gasteiger partial charge in [0.25, 0.3) is 11.2 Å². The van der Waals surface area contributed by atoms with Crippen molar-refractivity contribution in [2.45, 2.75) is 19.8 Å². The Hall–Kier alpha value is -6.24. The zero-order chi connectivity index (χ0) is 32.1. The molecule has 0 amide bonds. The monoisotopic (exact) mass is 607 g/mol. The zero-order valence-corrected chi connectivity index (χ0v) is 23.5. The van der Waals surface area contributed by atoms with Crippen molar-refractivity contribution in [3.05, 3.63) is 102 Å². The van der Waals surface area contributed by atoms with Gasteiger partial charge in [0.15, 0.2) is 5.78 Å². The van der Waals surface area contributed by atoms with Crippen LogP contribution in [0.1, 0.15) is 48.5 Å². The number of phenols is 4. The predicted molar refractivity (Wildman–Crippen MR) is 158 cm³/mol. The molecule has 0 radical (unpaired) electrons. The van der Waals surface area contributed by atoms with E-state index in [0.29, 0.717) is 22.9 Å².